The number of fused-ring (bicyclic) bond motifs is 8. The smallest absolute Gasteiger partial charge is 0.0566 e. The third-order valence-electron chi connectivity index (χ3n) is 10.0. The molecule has 2 aliphatic rings. The van der Waals surface area contributed by atoms with E-state index in [2.05, 4.69) is 164 Å². The molecule has 0 saturated carbocycles. The van der Waals surface area contributed by atoms with E-state index in [1.165, 1.54) is 76.1 Å². The lowest BCUT2D eigenvalue weighted by Crippen LogP contribution is -2.34. The maximum Gasteiger partial charge on any atom is 0.0566 e. The summed E-state index contributed by atoms with van der Waals surface area (Å²) in [5, 5.41) is 2.76. The molecule has 0 amide bonds. The van der Waals surface area contributed by atoms with Crippen molar-refractivity contribution >= 4 is 49.0 Å². The van der Waals surface area contributed by atoms with E-state index in [-0.39, 0.29) is 11.5 Å². The summed E-state index contributed by atoms with van der Waals surface area (Å²) in [4.78, 5) is 2.63. The molecule has 45 heavy (non-hydrogen) atoms. The van der Waals surface area contributed by atoms with Gasteiger partial charge in [-0.1, -0.05) is 135 Å². The largest absolute Gasteiger partial charge is 0.333 e. The van der Waals surface area contributed by atoms with E-state index in [0.717, 1.165) is 6.42 Å². The first-order valence-electron chi connectivity index (χ1n) is 15.9. The summed E-state index contributed by atoms with van der Waals surface area (Å²) in [5.41, 5.74) is 13.2. The van der Waals surface area contributed by atoms with Crippen LogP contribution in [0.3, 0.4) is 0 Å². The molecule has 1 aromatic heterocycles. The Balaban J connectivity index is 1.28. The van der Waals surface area contributed by atoms with Crippen LogP contribution < -0.4 is 4.90 Å². The normalized spacial score (nSPS) is 16.0. The Morgan fingerprint density at radius 3 is 2.22 bits per heavy atom. The average molecular weight is 596 g/mol. The van der Waals surface area contributed by atoms with Crippen LogP contribution in [-0.2, 0) is 11.8 Å². The first-order chi connectivity index (χ1) is 22.1. The molecule has 6 aromatic carbocycles. The van der Waals surface area contributed by atoms with Gasteiger partial charge < -0.3 is 4.90 Å². The minimum absolute atomic E-state index is 0.0623. The number of thiophene rings is 1. The zero-order chi connectivity index (χ0) is 30.1. The Hall–Kier alpha value is -4.92. The van der Waals surface area contributed by atoms with Gasteiger partial charge in [-0.2, -0.15) is 0 Å². The fraction of sp³-hybridized carbons (Fsp3) is 0.116. The number of nitrogens with zero attached hydrogens (tertiary/aromatic N) is 1. The van der Waals surface area contributed by atoms with Crippen molar-refractivity contribution < 1.29 is 0 Å². The Morgan fingerprint density at radius 1 is 0.622 bits per heavy atom. The molecule has 2 aliphatic carbocycles. The van der Waals surface area contributed by atoms with E-state index in [4.69, 9.17) is 0 Å². The molecule has 0 N–H and O–H groups in total. The van der Waals surface area contributed by atoms with E-state index >= 15 is 0 Å². The monoisotopic (exact) mass is 595 g/mol. The highest BCUT2D eigenvalue weighted by Crippen LogP contribution is 2.54. The van der Waals surface area contributed by atoms with Crippen LogP contribution in [0, 0.1) is 0 Å². The third-order valence-corrected chi connectivity index (χ3v) is 11.1. The minimum atomic E-state index is -0.0623. The number of hydrogen-bond donors (Lipinski definition) is 0. The third kappa shape index (κ3) is 3.99. The number of para-hydroxylation sites is 1. The van der Waals surface area contributed by atoms with Gasteiger partial charge in [-0.05, 0) is 64.1 Å². The predicted molar refractivity (Wildman–Crippen MR) is 194 cm³/mol. The zero-order valence-corrected chi connectivity index (χ0v) is 26.3. The van der Waals surface area contributed by atoms with Crippen LogP contribution >= 0.6 is 11.3 Å². The molecular formula is C43H33NS. The van der Waals surface area contributed by atoms with Gasteiger partial charge in [0.1, 0.15) is 0 Å². The summed E-state index contributed by atoms with van der Waals surface area (Å²) >= 11 is 1.90. The van der Waals surface area contributed by atoms with Gasteiger partial charge in [-0.15, -0.1) is 11.3 Å². The van der Waals surface area contributed by atoms with Crippen LogP contribution in [0.4, 0.5) is 11.4 Å². The number of anilines is 2. The van der Waals surface area contributed by atoms with Crippen LogP contribution in [0.25, 0.3) is 48.5 Å². The van der Waals surface area contributed by atoms with Crippen LogP contribution in [0.1, 0.15) is 36.1 Å². The second-order valence-corrected chi connectivity index (χ2v) is 13.9. The average Bonchev–Trinajstić information content (AvgIpc) is 3.58. The molecule has 0 aliphatic heterocycles. The van der Waals surface area contributed by atoms with Gasteiger partial charge in [-0.3, -0.25) is 0 Å². The first-order valence-corrected chi connectivity index (χ1v) is 16.7. The summed E-state index contributed by atoms with van der Waals surface area (Å²) in [6.07, 6.45) is 5.80. The lowest BCUT2D eigenvalue weighted by Gasteiger charge is -2.37. The fourth-order valence-corrected chi connectivity index (χ4v) is 9.02. The van der Waals surface area contributed by atoms with Gasteiger partial charge in [0.15, 0.2) is 0 Å². The molecule has 216 valence electrons. The van der Waals surface area contributed by atoms with Gasteiger partial charge in [0, 0.05) is 48.1 Å². The van der Waals surface area contributed by atoms with Crippen LogP contribution in [0.5, 0.6) is 0 Å². The molecule has 0 fully saturated rings. The summed E-state index contributed by atoms with van der Waals surface area (Å²) in [5.74, 6) is 0. The summed E-state index contributed by atoms with van der Waals surface area (Å²) in [6, 6.07) is 49.5. The Bertz CT molecular complexity index is 2290. The van der Waals surface area contributed by atoms with Crippen molar-refractivity contribution in [2.75, 3.05) is 4.90 Å². The number of benzene rings is 6. The van der Waals surface area contributed by atoms with Crippen molar-refractivity contribution in [1.82, 2.24) is 0 Å². The predicted octanol–water partition coefficient (Wildman–Crippen LogP) is 11.8. The molecule has 9 rings (SSSR count). The molecule has 1 heterocycles. The topological polar surface area (TPSA) is 3.24 Å². The van der Waals surface area contributed by atoms with Crippen molar-refractivity contribution in [3.05, 3.63) is 162 Å². The molecule has 1 nitrogen and oxygen atoms in total. The zero-order valence-electron chi connectivity index (χ0n) is 25.5. The SMILES string of the molecule is CC1(C)c2ccccc2-c2c(N(c3ccccc3-c3ccccc3)C3C=Cc4c(ccc5sc6ccccc6c45)C3)cccc21. The molecule has 1 unspecified atom stereocenters. The maximum absolute atomic E-state index is 2.63. The van der Waals surface area contributed by atoms with E-state index < -0.39 is 0 Å². The Labute approximate surface area is 268 Å². The maximum atomic E-state index is 2.63. The van der Waals surface area contributed by atoms with E-state index in [0.29, 0.717) is 0 Å². The van der Waals surface area contributed by atoms with Crippen LogP contribution in [0.2, 0.25) is 0 Å². The minimum Gasteiger partial charge on any atom is -0.333 e. The summed E-state index contributed by atoms with van der Waals surface area (Å²) in [6.45, 7) is 4.74. The van der Waals surface area contributed by atoms with E-state index in [1.54, 1.807) is 0 Å². The quantitative estimate of drug-likeness (QED) is 0.196. The lowest BCUT2D eigenvalue weighted by molar-refractivity contribution is 0.660. The number of rotatable bonds is 4. The van der Waals surface area contributed by atoms with Crippen molar-refractivity contribution in [2.45, 2.75) is 31.7 Å². The van der Waals surface area contributed by atoms with Gasteiger partial charge in [-0.25, -0.2) is 0 Å². The fourth-order valence-electron chi connectivity index (χ4n) is 7.90. The van der Waals surface area contributed by atoms with E-state index in [9.17, 15) is 0 Å². The van der Waals surface area contributed by atoms with E-state index in [1.807, 2.05) is 11.3 Å². The van der Waals surface area contributed by atoms with Crippen molar-refractivity contribution in [3.63, 3.8) is 0 Å². The number of hydrogen-bond acceptors (Lipinski definition) is 2. The van der Waals surface area contributed by atoms with Crippen molar-refractivity contribution in [3.8, 4) is 22.3 Å². The Kier molecular flexibility index (Phi) is 5.92. The molecule has 0 spiro atoms. The standard InChI is InChI=1S/C43H33NS/c1-43(2)35-18-9-6-16-33(35)42-36(43)19-12-21-38(42)44(37-20-10-7-15-31(37)28-13-4-3-5-14-28)30-24-25-32-29(27-30)23-26-40-41(32)34-17-8-11-22-39(34)45-40/h3-26,30H,27H2,1-2H3. The summed E-state index contributed by atoms with van der Waals surface area (Å²) in [7, 11) is 0. The highest BCUT2D eigenvalue weighted by atomic mass is 32.1. The Morgan fingerprint density at radius 2 is 1.33 bits per heavy atom. The molecule has 0 saturated heterocycles. The molecule has 0 bridgehead atoms. The van der Waals surface area contributed by atoms with Gasteiger partial charge >= 0.3 is 0 Å². The molecule has 0 radical (unpaired) electrons. The molecule has 2 heteroatoms. The second kappa shape index (κ2) is 10.1. The van der Waals surface area contributed by atoms with Gasteiger partial charge in [0.25, 0.3) is 0 Å². The molecular weight excluding hydrogens is 563 g/mol. The second-order valence-electron chi connectivity index (χ2n) is 12.9. The lowest BCUT2D eigenvalue weighted by atomic mass is 9.82. The highest BCUT2D eigenvalue weighted by molar-refractivity contribution is 7.25. The summed E-state index contributed by atoms with van der Waals surface area (Å²) < 4.78 is 2.72. The van der Waals surface area contributed by atoms with Crippen molar-refractivity contribution in [2.24, 2.45) is 0 Å². The van der Waals surface area contributed by atoms with Gasteiger partial charge in [0.2, 0.25) is 0 Å². The van der Waals surface area contributed by atoms with Crippen LogP contribution in [-0.4, -0.2) is 6.04 Å². The molecule has 7 aromatic rings. The first kappa shape index (κ1) is 26.5. The van der Waals surface area contributed by atoms with Crippen molar-refractivity contribution in [1.29, 1.82) is 0 Å². The molecule has 1 atom stereocenters. The van der Waals surface area contributed by atoms with Gasteiger partial charge in [0.05, 0.1) is 6.04 Å². The van der Waals surface area contributed by atoms with Crippen LogP contribution in [0.15, 0.2) is 140 Å². The highest BCUT2D eigenvalue weighted by Gasteiger charge is 2.38.